The highest BCUT2D eigenvalue weighted by Gasteiger charge is 2.15. The fourth-order valence-corrected chi connectivity index (χ4v) is 3.31. The Balaban J connectivity index is 2.28. The number of nitrogens with zero attached hydrogens (tertiary/aromatic N) is 1. The highest BCUT2D eigenvalue weighted by atomic mass is 79.9. The van der Waals surface area contributed by atoms with E-state index < -0.39 is 0 Å². The van der Waals surface area contributed by atoms with Crippen molar-refractivity contribution < 1.29 is 4.79 Å². The van der Waals surface area contributed by atoms with Crippen LogP contribution in [0.5, 0.6) is 0 Å². The molecule has 0 bridgehead atoms. The average Bonchev–Trinajstić information content (AvgIpc) is 2.90. The van der Waals surface area contributed by atoms with E-state index in [1.165, 1.54) is 4.88 Å². The topological polar surface area (TPSA) is 20.3 Å². The van der Waals surface area contributed by atoms with Crippen molar-refractivity contribution in [3.8, 4) is 0 Å². The maximum absolute atomic E-state index is 10.7. The van der Waals surface area contributed by atoms with E-state index in [9.17, 15) is 4.79 Å². The first-order valence-electron chi connectivity index (χ1n) is 5.64. The van der Waals surface area contributed by atoms with E-state index in [2.05, 4.69) is 52.3 Å². The molecule has 0 saturated carbocycles. The van der Waals surface area contributed by atoms with Crippen molar-refractivity contribution in [1.82, 2.24) is 0 Å². The van der Waals surface area contributed by atoms with E-state index >= 15 is 0 Å². The van der Waals surface area contributed by atoms with E-state index in [0.717, 1.165) is 16.4 Å². The van der Waals surface area contributed by atoms with Crippen molar-refractivity contribution in [3.63, 3.8) is 0 Å². The van der Waals surface area contributed by atoms with E-state index in [0.29, 0.717) is 11.6 Å². The molecule has 1 unspecified atom stereocenters. The van der Waals surface area contributed by atoms with Gasteiger partial charge in [-0.3, -0.25) is 4.79 Å². The van der Waals surface area contributed by atoms with Crippen LogP contribution in [0.25, 0.3) is 0 Å². The lowest BCUT2D eigenvalue weighted by atomic mass is 10.1. The van der Waals surface area contributed by atoms with Crippen LogP contribution in [0, 0.1) is 0 Å². The van der Waals surface area contributed by atoms with Crippen molar-refractivity contribution in [1.29, 1.82) is 0 Å². The maximum Gasteiger partial charge on any atom is 0.150 e. The summed E-state index contributed by atoms with van der Waals surface area (Å²) < 4.78 is 0.943. The zero-order valence-electron chi connectivity index (χ0n) is 10.3. The number of hydrogen-bond donors (Lipinski definition) is 0. The molecule has 0 N–H and O–H groups in total. The smallest absolute Gasteiger partial charge is 0.150 e. The van der Waals surface area contributed by atoms with Crippen molar-refractivity contribution in [2.45, 2.75) is 13.0 Å². The molecule has 1 atom stereocenters. The summed E-state index contributed by atoms with van der Waals surface area (Å²) in [5.41, 5.74) is 1.77. The van der Waals surface area contributed by atoms with Crippen LogP contribution in [-0.2, 0) is 0 Å². The van der Waals surface area contributed by atoms with Gasteiger partial charge in [0.2, 0.25) is 0 Å². The molecule has 18 heavy (non-hydrogen) atoms. The quantitative estimate of drug-likeness (QED) is 0.771. The summed E-state index contributed by atoms with van der Waals surface area (Å²) in [7, 11) is 2.06. The number of hydrogen-bond acceptors (Lipinski definition) is 3. The first-order valence-corrected chi connectivity index (χ1v) is 7.31. The van der Waals surface area contributed by atoms with Crippen molar-refractivity contribution in [2.75, 3.05) is 11.9 Å². The van der Waals surface area contributed by atoms with Gasteiger partial charge in [-0.1, -0.05) is 6.07 Å². The van der Waals surface area contributed by atoms with Crippen LogP contribution in [0.3, 0.4) is 0 Å². The Morgan fingerprint density at radius 3 is 2.72 bits per heavy atom. The summed E-state index contributed by atoms with van der Waals surface area (Å²) in [5.74, 6) is 0. The number of rotatable bonds is 4. The Hall–Kier alpha value is -1.13. The third-order valence-electron chi connectivity index (χ3n) is 3.02. The molecule has 4 heteroatoms. The predicted octanol–water partition coefficient (Wildman–Crippen LogP) is 4.52. The molecule has 1 aromatic heterocycles. The van der Waals surface area contributed by atoms with Gasteiger partial charge in [-0.15, -0.1) is 11.3 Å². The lowest BCUT2D eigenvalue weighted by Gasteiger charge is -2.27. The number of halogens is 1. The molecule has 2 rings (SSSR count). The number of carbonyl (C=O) groups excluding carboxylic acids is 1. The molecule has 0 fully saturated rings. The summed E-state index contributed by atoms with van der Waals surface area (Å²) in [6.45, 7) is 2.17. The van der Waals surface area contributed by atoms with Gasteiger partial charge in [0.1, 0.15) is 6.29 Å². The highest BCUT2D eigenvalue weighted by Crippen LogP contribution is 2.33. The van der Waals surface area contributed by atoms with E-state index in [4.69, 9.17) is 0 Å². The van der Waals surface area contributed by atoms with Crippen LogP contribution < -0.4 is 4.90 Å². The third kappa shape index (κ3) is 2.65. The van der Waals surface area contributed by atoms with E-state index in [-0.39, 0.29) is 0 Å². The molecule has 0 spiro atoms. The monoisotopic (exact) mass is 323 g/mol. The molecule has 0 radical (unpaired) electrons. The first-order chi connectivity index (χ1) is 8.63. The highest BCUT2D eigenvalue weighted by molar-refractivity contribution is 9.10. The Morgan fingerprint density at radius 1 is 1.39 bits per heavy atom. The van der Waals surface area contributed by atoms with Crippen molar-refractivity contribution in [2.24, 2.45) is 0 Å². The second-order valence-corrected chi connectivity index (χ2v) is 5.96. The number of anilines is 1. The predicted molar refractivity (Wildman–Crippen MR) is 80.7 cm³/mol. The van der Waals surface area contributed by atoms with Crippen molar-refractivity contribution in [3.05, 3.63) is 50.6 Å². The molecule has 0 saturated heterocycles. The molecule has 0 amide bonds. The zero-order chi connectivity index (χ0) is 13.1. The standard InChI is InChI=1S/C14H14BrNOS/c1-10(14-4-3-7-18-14)16(2)13-6-5-11(9-17)8-12(13)15/h3-10H,1-2H3. The van der Waals surface area contributed by atoms with E-state index in [1.807, 2.05) is 18.2 Å². The van der Waals surface area contributed by atoms with Crippen LogP contribution >= 0.6 is 27.3 Å². The van der Waals surface area contributed by atoms with Crippen LogP contribution in [-0.4, -0.2) is 13.3 Å². The SMILES string of the molecule is CC(c1cccs1)N(C)c1ccc(C=O)cc1Br. The second-order valence-electron chi connectivity index (χ2n) is 4.13. The van der Waals surface area contributed by atoms with E-state index in [1.54, 1.807) is 11.3 Å². The summed E-state index contributed by atoms with van der Waals surface area (Å²) in [5, 5.41) is 2.09. The summed E-state index contributed by atoms with van der Waals surface area (Å²) in [6.07, 6.45) is 0.858. The molecule has 0 aliphatic rings. The maximum atomic E-state index is 10.7. The number of carbonyl (C=O) groups is 1. The third-order valence-corrected chi connectivity index (χ3v) is 4.70. The summed E-state index contributed by atoms with van der Waals surface area (Å²) in [6, 6.07) is 10.2. The van der Waals surface area contributed by atoms with Crippen LogP contribution in [0.4, 0.5) is 5.69 Å². The minimum Gasteiger partial charge on any atom is -0.366 e. The molecule has 1 aromatic carbocycles. The minimum atomic E-state index is 0.309. The largest absolute Gasteiger partial charge is 0.366 e. The van der Waals surface area contributed by atoms with Crippen LogP contribution in [0.2, 0.25) is 0 Å². The van der Waals surface area contributed by atoms with Gasteiger partial charge in [0.15, 0.2) is 0 Å². The summed E-state index contributed by atoms with van der Waals surface area (Å²) >= 11 is 5.28. The number of aldehydes is 1. The van der Waals surface area contributed by atoms with Gasteiger partial charge < -0.3 is 4.90 Å². The first kappa shape index (κ1) is 13.3. The number of benzene rings is 1. The lowest BCUT2D eigenvalue weighted by Crippen LogP contribution is -2.21. The second kappa shape index (κ2) is 5.67. The van der Waals surface area contributed by atoms with Gasteiger partial charge in [-0.2, -0.15) is 0 Å². The van der Waals surface area contributed by atoms with Gasteiger partial charge in [-0.25, -0.2) is 0 Å². The number of thiophene rings is 1. The molecular formula is C14H14BrNOS. The van der Waals surface area contributed by atoms with Crippen LogP contribution in [0.15, 0.2) is 40.2 Å². The summed E-state index contributed by atoms with van der Waals surface area (Å²) in [4.78, 5) is 14.2. The lowest BCUT2D eigenvalue weighted by molar-refractivity contribution is 0.112. The van der Waals surface area contributed by atoms with Gasteiger partial charge in [0.05, 0.1) is 11.7 Å². The molecule has 2 aromatic rings. The fourth-order valence-electron chi connectivity index (χ4n) is 1.81. The van der Waals surface area contributed by atoms with Gasteiger partial charge in [-0.05, 0) is 52.5 Å². The Morgan fingerprint density at radius 2 is 2.17 bits per heavy atom. The molecule has 2 nitrogen and oxygen atoms in total. The molecule has 0 aliphatic carbocycles. The van der Waals surface area contributed by atoms with Gasteiger partial charge >= 0.3 is 0 Å². The zero-order valence-corrected chi connectivity index (χ0v) is 12.7. The Labute approximate surface area is 119 Å². The Bertz CT molecular complexity index is 539. The molecule has 0 aliphatic heterocycles. The Kier molecular flexibility index (Phi) is 4.19. The molecular weight excluding hydrogens is 310 g/mol. The van der Waals surface area contributed by atoms with Gasteiger partial charge in [0, 0.05) is 22.0 Å². The minimum absolute atomic E-state index is 0.309. The van der Waals surface area contributed by atoms with Gasteiger partial charge in [0.25, 0.3) is 0 Å². The normalized spacial score (nSPS) is 12.2. The van der Waals surface area contributed by atoms with Crippen molar-refractivity contribution >= 4 is 39.2 Å². The molecule has 94 valence electrons. The average molecular weight is 324 g/mol. The fraction of sp³-hybridized carbons (Fsp3) is 0.214. The molecule has 1 heterocycles. The van der Waals surface area contributed by atoms with Crippen LogP contribution in [0.1, 0.15) is 28.2 Å².